The van der Waals surface area contributed by atoms with Crippen molar-refractivity contribution in [2.75, 3.05) is 19.0 Å². The third-order valence-corrected chi connectivity index (χ3v) is 2.43. The number of nitrogens with zero attached hydrogens (tertiary/aromatic N) is 1. The van der Waals surface area contributed by atoms with E-state index in [4.69, 9.17) is 10.6 Å². The first-order valence-corrected chi connectivity index (χ1v) is 5.13. The number of carbonyl (C=O) groups excluding carboxylic acids is 2. The maximum atomic E-state index is 11.4. The number of fused-ring (bicyclic) bond motifs is 1. The summed E-state index contributed by atoms with van der Waals surface area (Å²) in [6, 6.07) is 5.22. The maximum absolute atomic E-state index is 11.4. The lowest BCUT2D eigenvalue weighted by Crippen LogP contribution is -2.34. The molecule has 1 aromatic carbocycles. The molecule has 2 amide bonds. The Hall–Kier alpha value is -2.08. The van der Waals surface area contributed by atoms with Gasteiger partial charge in [-0.05, 0) is 17.7 Å². The van der Waals surface area contributed by atoms with Gasteiger partial charge in [0.05, 0.1) is 12.1 Å². The first-order chi connectivity index (χ1) is 8.06. The van der Waals surface area contributed by atoms with Crippen LogP contribution in [0.5, 0.6) is 5.75 Å². The van der Waals surface area contributed by atoms with Crippen molar-refractivity contribution in [2.45, 2.75) is 6.42 Å². The van der Waals surface area contributed by atoms with E-state index in [0.29, 0.717) is 11.4 Å². The van der Waals surface area contributed by atoms with Gasteiger partial charge in [-0.3, -0.25) is 14.6 Å². The summed E-state index contributed by atoms with van der Waals surface area (Å²) in [4.78, 5) is 22.6. The van der Waals surface area contributed by atoms with Crippen molar-refractivity contribution in [1.29, 1.82) is 0 Å². The second-order valence-electron chi connectivity index (χ2n) is 3.85. The topological polar surface area (TPSA) is 84.7 Å². The Kier molecular flexibility index (Phi) is 2.97. The third kappa shape index (κ3) is 2.54. The maximum Gasteiger partial charge on any atom is 0.262 e. The second kappa shape index (κ2) is 4.42. The molecule has 0 radical (unpaired) electrons. The molecule has 90 valence electrons. The molecule has 1 aromatic rings. The highest BCUT2D eigenvalue weighted by Gasteiger charge is 2.16. The number of nitrogens with one attached hydrogen (secondary N) is 1. The van der Waals surface area contributed by atoms with Gasteiger partial charge in [-0.15, -0.1) is 0 Å². The van der Waals surface area contributed by atoms with Crippen LogP contribution in [0.2, 0.25) is 0 Å². The van der Waals surface area contributed by atoms with Crippen LogP contribution in [-0.2, 0) is 16.0 Å². The number of carbonyl (C=O) groups is 2. The molecule has 0 aromatic heterocycles. The molecule has 0 bridgehead atoms. The van der Waals surface area contributed by atoms with E-state index in [1.807, 2.05) is 0 Å². The summed E-state index contributed by atoms with van der Waals surface area (Å²) in [5, 5.41) is 3.72. The van der Waals surface area contributed by atoms with Crippen LogP contribution in [0.25, 0.3) is 0 Å². The predicted molar refractivity (Wildman–Crippen MR) is 61.2 cm³/mol. The Balaban J connectivity index is 2.18. The zero-order valence-electron chi connectivity index (χ0n) is 9.40. The number of amides is 2. The fourth-order valence-corrected chi connectivity index (χ4v) is 1.54. The van der Waals surface area contributed by atoms with E-state index in [2.05, 4.69) is 5.32 Å². The smallest absolute Gasteiger partial charge is 0.262 e. The fourth-order valence-electron chi connectivity index (χ4n) is 1.54. The average molecular weight is 235 g/mol. The van der Waals surface area contributed by atoms with Crippen LogP contribution in [-0.4, -0.2) is 30.5 Å². The fraction of sp³-hybridized carbons (Fsp3) is 0.273. The van der Waals surface area contributed by atoms with E-state index in [1.54, 1.807) is 18.2 Å². The molecule has 1 heterocycles. The predicted octanol–water partition coefficient (Wildman–Crippen LogP) is -0.108. The molecule has 2 rings (SSSR count). The van der Waals surface area contributed by atoms with Gasteiger partial charge in [0.15, 0.2) is 6.61 Å². The minimum Gasteiger partial charge on any atom is -0.482 e. The normalized spacial score (nSPS) is 13.4. The summed E-state index contributed by atoms with van der Waals surface area (Å²) in [6.45, 7) is 0.0246. The van der Waals surface area contributed by atoms with Gasteiger partial charge >= 0.3 is 0 Å². The summed E-state index contributed by atoms with van der Waals surface area (Å²) in [5.74, 6) is 5.55. The molecule has 6 heteroatoms. The summed E-state index contributed by atoms with van der Waals surface area (Å²) in [7, 11) is 1.49. The first-order valence-electron chi connectivity index (χ1n) is 5.13. The van der Waals surface area contributed by atoms with Gasteiger partial charge in [0, 0.05) is 7.05 Å². The third-order valence-electron chi connectivity index (χ3n) is 2.43. The van der Waals surface area contributed by atoms with Gasteiger partial charge in [0.25, 0.3) is 5.91 Å². The highest BCUT2D eigenvalue weighted by Crippen LogP contribution is 2.28. The summed E-state index contributed by atoms with van der Waals surface area (Å²) in [6.07, 6.45) is 0.191. The molecule has 6 nitrogen and oxygen atoms in total. The summed E-state index contributed by atoms with van der Waals surface area (Å²) in [5.41, 5.74) is 1.36. The largest absolute Gasteiger partial charge is 0.482 e. The Bertz CT molecular complexity index is 471. The molecule has 1 aliphatic heterocycles. The van der Waals surface area contributed by atoms with Crippen LogP contribution >= 0.6 is 0 Å². The molecule has 17 heavy (non-hydrogen) atoms. The molecule has 0 unspecified atom stereocenters. The minimum absolute atomic E-state index is 0.0246. The lowest BCUT2D eigenvalue weighted by Gasteiger charge is -2.18. The highest BCUT2D eigenvalue weighted by atomic mass is 16.5. The highest BCUT2D eigenvalue weighted by molar-refractivity contribution is 5.95. The Morgan fingerprint density at radius 1 is 1.59 bits per heavy atom. The lowest BCUT2D eigenvalue weighted by molar-refractivity contribution is -0.129. The van der Waals surface area contributed by atoms with E-state index >= 15 is 0 Å². The first kappa shape index (κ1) is 11.4. The summed E-state index contributed by atoms with van der Waals surface area (Å²) >= 11 is 0. The molecule has 0 saturated carbocycles. The molecule has 0 saturated heterocycles. The zero-order chi connectivity index (χ0) is 12.4. The van der Waals surface area contributed by atoms with Crippen molar-refractivity contribution in [3.05, 3.63) is 23.8 Å². The number of hydrazine groups is 1. The van der Waals surface area contributed by atoms with Crippen LogP contribution in [0.3, 0.4) is 0 Å². The molecular formula is C11H13N3O3. The van der Waals surface area contributed by atoms with Crippen molar-refractivity contribution >= 4 is 17.5 Å². The van der Waals surface area contributed by atoms with Gasteiger partial charge in [0.2, 0.25) is 5.91 Å². The SMILES string of the molecule is CN(N)C(=O)Cc1ccc2c(c1)NC(=O)CO2. The Labute approximate surface area is 98.3 Å². The van der Waals surface area contributed by atoms with E-state index in [0.717, 1.165) is 10.6 Å². The number of ether oxygens (including phenoxy) is 1. The van der Waals surface area contributed by atoms with Crippen molar-refractivity contribution in [3.8, 4) is 5.75 Å². The van der Waals surface area contributed by atoms with Crippen LogP contribution in [0.1, 0.15) is 5.56 Å². The Morgan fingerprint density at radius 2 is 2.35 bits per heavy atom. The number of benzene rings is 1. The van der Waals surface area contributed by atoms with Crippen molar-refractivity contribution < 1.29 is 14.3 Å². The standard InChI is InChI=1S/C11H13N3O3/c1-14(12)11(16)5-7-2-3-9-8(4-7)13-10(15)6-17-9/h2-4H,5-6,12H2,1H3,(H,13,15). The van der Waals surface area contributed by atoms with Crippen LogP contribution in [0.4, 0.5) is 5.69 Å². The second-order valence-corrected chi connectivity index (χ2v) is 3.85. The van der Waals surface area contributed by atoms with Crippen LogP contribution < -0.4 is 15.9 Å². The number of hydrogen-bond donors (Lipinski definition) is 2. The van der Waals surface area contributed by atoms with Gasteiger partial charge in [-0.2, -0.15) is 0 Å². The minimum atomic E-state index is -0.201. The number of nitrogens with two attached hydrogens (primary N) is 1. The van der Waals surface area contributed by atoms with Crippen LogP contribution in [0, 0.1) is 0 Å². The number of hydrogen-bond acceptors (Lipinski definition) is 4. The molecule has 3 N–H and O–H groups in total. The molecular weight excluding hydrogens is 222 g/mol. The molecule has 1 aliphatic rings. The average Bonchev–Trinajstić information content (AvgIpc) is 2.28. The van der Waals surface area contributed by atoms with Gasteiger partial charge in [-0.25, -0.2) is 5.84 Å². The molecule has 0 fully saturated rings. The van der Waals surface area contributed by atoms with Crippen molar-refractivity contribution in [3.63, 3.8) is 0 Å². The van der Waals surface area contributed by atoms with Crippen molar-refractivity contribution in [2.24, 2.45) is 5.84 Å². The van der Waals surface area contributed by atoms with Crippen LogP contribution in [0.15, 0.2) is 18.2 Å². The Morgan fingerprint density at radius 3 is 3.06 bits per heavy atom. The van der Waals surface area contributed by atoms with Gasteiger partial charge < -0.3 is 10.1 Å². The number of anilines is 1. The molecule has 0 spiro atoms. The van der Waals surface area contributed by atoms with E-state index < -0.39 is 0 Å². The quantitative estimate of drug-likeness (QED) is 0.425. The van der Waals surface area contributed by atoms with E-state index in [1.165, 1.54) is 7.05 Å². The van der Waals surface area contributed by atoms with Gasteiger partial charge in [0.1, 0.15) is 5.75 Å². The lowest BCUT2D eigenvalue weighted by atomic mass is 10.1. The van der Waals surface area contributed by atoms with Crippen molar-refractivity contribution in [1.82, 2.24) is 5.01 Å². The number of rotatable bonds is 2. The monoisotopic (exact) mass is 235 g/mol. The zero-order valence-corrected chi connectivity index (χ0v) is 9.40. The van der Waals surface area contributed by atoms with E-state index in [-0.39, 0.29) is 24.8 Å². The summed E-state index contributed by atoms with van der Waals surface area (Å²) < 4.78 is 5.21. The molecule has 0 aliphatic carbocycles. The van der Waals surface area contributed by atoms with Gasteiger partial charge in [-0.1, -0.05) is 6.07 Å². The van der Waals surface area contributed by atoms with E-state index in [9.17, 15) is 9.59 Å². The number of likely N-dealkylation sites (N-methyl/N-ethyl adjacent to an activating group) is 1. The molecule has 0 atom stereocenters.